The second-order valence-electron chi connectivity index (χ2n) is 6.28. The van der Waals surface area contributed by atoms with Crippen LogP contribution in [0.5, 0.6) is 0 Å². The van der Waals surface area contributed by atoms with Gasteiger partial charge in [-0.2, -0.15) is 0 Å². The van der Waals surface area contributed by atoms with Crippen molar-refractivity contribution in [2.24, 2.45) is 4.99 Å². The molecular formula is C19H20N4O2. The summed E-state index contributed by atoms with van der Waals surface area (Å²) in [4.78, 5) is 27.9. The van der Waals surface area contributed by atoms with E-state index in [1.54, 1.807) is 12.4 Å². The van der Waals surface area contributed by atoms with Gasteiger partial charge in [-0.3, -0.25) is 4.79 Å². The van der Waals surface area contributed by atoms with Crippen molar-refractivity contribution in [3.05, 3.63) is 41.7 Å². The van der Waals surface area contributed by atoms with E-state index in [4.69, 9.17) is 9.73 Å². The third kappa shape index (κ3) is 2.72. The molecule has 1 aliphatic heterocycles. The van der Waals surface area contributed by atoms with Gasteiger partial charge in [-0.25, -0.2) is 15.0 Å². The summed E-state index contributed by atoms with van der Waals surface area (Å²) < 4.78 is 5.64. The smallest absolute Gasteiger partial charge is 0.160 e. The van der Waals surface area contributed by atoms with E-state index in [1.165, 1.54) is 0 Å². The normalized spacial score (nSPS) is 17.2. The maximum absolute atomic E-state index is 11.7. The summed E-state index contributed by atoms with van der Waals surface area (Å²) in [5.74, 6) is 1.60. The lowest BCUT2D eigenvalue weighted by Gasteiger charge is -2.24. The van der Waals surface area contributed by atoms with Crippen LogP contribution in [0.4, 0.5) is 17.3 Å². The fraction of sp³-hybridized carbons (Fsp3) is 0.368. The zero-order valence-corrected chi connectivity index (χ0v) is 14.3. The molecule has 0 spiro atoms. The van der Waals surface area contributed by atoms with Gasteiger partial charge < -0.3 is 9.64 Å². The molecule has 0 radical (unpaired) electrons. The molecule has 1 fully saturated rings. The van der Waals surface area contributed by atoms with E-state index in [1.807, 2.05) is 32.0 Å². The number of pyridine rings is 2. The fourth-order valence-corrected chi connectivity index (χ4v) is 3.18. The number of ether oxygens (including phenoxy) is 1. The minimum Gasteiger partial charge on any atom is -0.365 e. The third-order valence-electron chi connectivity index (χ3n) is 4.51. The molecule has 4 rings (SSSR count). The zero-order chi connectivity index (χ0) is 17.4. The van der Waals surface area contributed by atoms with Crippen LogP contribution in [0.1, 0.15) is 30.9 Å². The van der Waals surface area contributed by atoms with Crippen molar-refractivity contribution in [2.45, 2.75) is 38.8 Å². The Hall–Kier alpha value is -2.60. The number of aliphatic imine (C=N–C) groups is 1. The van der Waals surface area contributed by atoms with Crippen molar-refractivity contribution in [1.82, 2.24) is 9.97 Å². The highest BCUT2D eigenvalue weighted by molar-refractivity contribution is 6.16. The van der Waals surface area contributed by atoms with Crippen molar-refractivity contribution in [3.63, 3.8) is 0 Å². The first-order valence-electron chi connectivity index (χ1n) is 8.60. The number of aromatic nitrogens is 2. The minimum atomic E-state index is -0.723. The van der Waals surface area contributed by atoms with Crippen LogP contribution in [-0.2, 0) is 9.53 Å². The van der Waals surface area contributed by atoms with Crippen LogP contribution in [-0.4, -0.2) is 40.7 Å². The van der Waals surface area contributed by atoms with Crippen LogP contribution >= 0.6 is 0 Å². The van der Waals surface area contributed by atoms with Gasteiger partial charge in [-0.05, 0) is 50.5 Å². The number of anilines is 2. The van der Waals surface area contributed by atoms with E-state index >= 15 is 0 Å². The van der Waals surface area contributed by atoms with Crippen LogP contribution in [0, 0.1) is 6.92 Å². The second-order valence-corrected chi connectivity index (χ2v) is 6.28. The van der Waals surface area contributed by atoms with Crippen molar-refractivity contribution < 1.29 is 9.53 Å². The molecule has 3 heterocycles. The lowest BCUT2D eigenvalue weighted by molar-refractivity contribution is -0.114. The Labute approximate surface area is 146 Å². The molecule has 1 atom stereocenters. The molecule has 6 heteroatoms. The van der Waals surface area contributed by atoms with Crippen LogP contribution < -0.4 is 4.90 Å². The maximum Gasteiger partial charge on any atom is 0.160 e. The highest BCUT2D eigenvalue weighted by Crippen LogP contribution is 2.45. The molecule has 0 bridgehead atoms. The number of nitrogens with zero attached hydrogens (tertiary/aromatic N) is 4. The Morgan fingerprint density at radius 1 is 1.28 bits per heavy atom. The van der Waals surface area contributed by atoms with Crippen LogP contribution in [0.15, 0.2) is 35.6 Å². The second kappa shape index (κ2) is 6.37. The molecule has 0 unspecified atom stereocenters. The quantitative estimate of drug-likeness (QED) is 0.785. The number of carbonyl (C=O) groups excluding carboxylic acids is 1. The highest BCUT2D eigenvalue weighted by Gasteiger charge is 2.38. The van der Waals surface area contributed by atoms with E-state index in [0.29, 0.717) is 18.4 Å². The van der Waals surface area contributed by atoms with Crippen LogP contribution in [0.3, 0.4) is 0 Å². The number of aldehydes is 1. The predicted octanol–water partition coefficient (Wildman–Crippen LogP) is 3.12. The summed E-state index contributed by atoms with van der Waals surface area (Å²) in [6.45, 7) is 4.31. The Kier molecular flexibility index (Phi) is 4.05. The summed E-state index contributed by atoms with van der Waals surface area (Å²) in [5, 5.41) is 0. The summed E-state index contributed by atoms with van der Waals surface area (Å²) in [6, 6.07) is 6.12. The molecule has 0 amide bonds. The van der Waals surface area contributed by atoms with Gasteiger partial charge in [0.05, 0.1) is 5.71 Å². The Morgan fingerprint density at radius 2 is 2.08 bits per heavy atom. The summed E-state index contributed by atoms with van der Waals surface area (Å²) in [7, 11) is 0. The molecule has 128 valence electrons. The van der Waals surface area contributed by atoms with Gasteiger partial charge in [0.25, 0.3) is 0 Å². The molecule has 1 saturated carbocycles. The molecule has 0 saturated heterocycles. The average Bonchev–Trinajstić information content (AvgIpc) is 3.46. The van der Waals surface area contributed by atoms with Crippen LogP contribution in [0.2, 0.25) is 0 Å². The highest BCUT2D eigenvalue weighted by atomic mass is 16.5. The topological polar surface area (TPSA) is 67.7 Å². The fourth-order valence-electron chi connectivity index (χ4n) is 3.18. The maximum atomic E-state index is 11.7. The van der Waals surface area contributed by atoms with Gasteiger partial charge >= 0.3 is 0 Å². The van der Waals surface area contributed by atoms with Gasteiger partial charge in [0.1, 0.15) is 11.5 Å². The van der Waals surface area contributed by atoms with Gasteiger partial charge in [-0.15, -0.1) is 0 Å². The SMILES string of the molecule is CCO[C@H](C=O)C1=Nc2c(C)ccnc2N(C2CC2)c2ncccc21. The van der Waals surface area contributed by atoms with E-state index in [2.05, 4.69) is 14.9 Å². The third-order valence-corrected chi connectivity index (χ3v) is 4.51. The number of carbonyl (C=O) groups is 1. The first-order valence-corrected chi connectivity index (χ1v) is 8.60. The number of aryl methyl sites for hydroxylation is 1. The summed E-state index contributed by atoms with van der Waals surface area (Å²) >= 11 is 0. The number of rotatable bonds is 5. The number of hydrogen-bond acceptors (Lipinski definition) is 6. The molecule has 0 N–H and O–H groups in total. The average molecular weight is 336 g/mol. The Morgan fingerprint density at radius 3 is 2.80 bits per heavy atom. The van der Waals surface area contributed by atoms with Gasteiger partial charge in [0.2, 0.25) is 0 Å². The minimum absolute atomic E-state index is 0.373. The first kappa shape index (κ1) is 15.9. The molecule has 25 heavy (non-hydrogen) atoms. The summed E-state index contributed by atoms with van der Waals surface area (Å²) in [5.41, 5.74) is 3.23. The predicted molar refractivity (Wildman–Crippen MR) is 96.0 cm³/mol. The van der Waals surface area contributed by atoms with Crippen molar-refractivity contribution >= 4 is 29.3 Å². The zero-order valence-electron chi connectivity index (χ0n) is 14.3. The first-order chi connectivity index (χ1) is 12.2. The number of hydrogen-bond donors (Lipinski definition) is 0. The summed E-state index contributed by atoms with van der Waals surface area (Å²) in [6.07, 6.45) is 5.85. The molecule has 2 aromatic heterocycles. The monoisotopic (exact) mass is 336 g/mol. The molecule has 6 nitrogen and oxygen atoms in total. The molecule has 0 aromatic carbocycles. The van der Waals surface area contributed by atoms with Gasteiger partial charge in [0.15, 0.2) is 18.2 Å². The molecule has 1 aliphatic carbocycles. The lowest BCUT2D eigenvalue weighted by Crippen LogP contribution is -2.29. The van der Waals surface area contributed by atoms with Crippen LogP contribution in [0.25, 0.3) is 0 Å². The van der Waals surface area contributed by atoms with Gasteiger partial charge in [0, 0.05) is 30.6 Å². The van der Waals surface area contributed by atoms with Crippen molar-refractivity contribution in [2.75, 3.05) is 11.5 Å². The van der Waals surface area contributed by atoms with E-state index in [0.717, 1.165) is 47.6 Å². The molecule has 2 aliphatic rings. The molecular weight excluding hydrogens is 316 g/mol. The van der Waals surface area contributed by atoms with Crippen molar-refractivity contribution in [3.8, 4) is 0 Å². The lowest BCUT2D eigenvalue weighted by atomic mass is 10.1. The standard InChI is InChI=1S/C19H20N4O2/c1-3-25-15(11-24)17-14-5-4-9-20-18(14)23(13-6-7-13)19-16(22-17)12(2)8-10-21-19/h4-5,8-11,13,15H,3,6-7H2,1-2H3/t15-/m1/s1. The largest absolute Gasteiger partial charge is 0.365 e. The molecule has 2 aromatic rings. The Balaban J connectivity index is 1.99. The van der Waals surface area contributed by atoms with E-state index in [-0.39, 0.29) is 0 Å². The van der Waals surface area contributed by atoms with Gasteiger partial charge in [-0.1, -0.05) is 0 Å². The van der Waals surface area contributed by atoms with E-state index < -0.39 is 6.10 Å². The van der Waals surface area contributed by atoms with E-state index in [9.17, 15) is 4.79 Å². The Bertz CT molecular complexity index is 845. The number of fused-ring (bicyclic) bond motifs is 2. The van der Waals surface area contributed by atoms with Crippen molar-refractivity contribution in [1.29, 1.82) is 0 Å².